The molecule has 0 aliphatic carbocycles. The lowest BCUT2D eigenvalue weighted by Gasteiger charge is -2.30. The van der Waals surface area contributed by atoms with Crippen molar-refractivity contribution < 1.29 is 17.9 Å². The van der Waals surface area contributed by atoms with Gasteiger partial charge in [-0.15, -0.1) is 0 Å². The zero-order valence-corrected chi connectivity index (χ0v) is 16.4. The first-order valence-electron chi connectivity index (χ1n) is 9.12. The van der Waals surface area contributed by atoms with E-state index in [0.717, 1.165) is 18.4 Å². The van der Waals surface area contributed by atoms with E-state index < -0.39 is 10.0 Å². The van der Waals surface area contributed by atoms with Gasteiger partial charge in [0.25, 0.3) is 5.91 Å². The van der Waals surface area contributed by atoms with E-state index in [4.69, 9.17) is 4.74 Å². The number of nitrogens with one attached hydrogen (secondary N) is 1. The number of fused-ring (bicyclic) bond motifs is 1. The van der Waals surface area contributed by atoms with Gasteiger partial charge >= 0.3 is 0 Å². The number of carbonyl (C=O) groups excluding carboxylic acids is 1. The SMILES string of the molecule is CCOc1ccccc1C(=O)Nc1ccc2c(c1)CCCN2S(=O)(=O)CC. The average molecular weight is 388 g/mol. The predicted octanol–water partition coefficient (Wildman–Crippen LogP) is 3.44. The summed E-state index contributed by atoms with van der Waals surface area (Å²) in [4.78, 5) is 12.7. The Morgan fingerprint density at radius 2 is 1.96 bits per heavy atom. The molecule has 7 heteroatoms. The van der Waals surface area contributed by atoms with Crippen molar-refractivity contribution >= 4 is 27.3 Å². The molecule has 1 N–H and O–H groups in total. The van der Waals surface area contributed by atoms with Crippen LogP contribution < -0.4 is 14.4 Å². The fourth-order valence-electron chi connectivity index (χ4n) is 3.22. The van der Waals surface area contributed by atoms with Crippen LogP contribution in [-0.2, 0) is 16.4 Å². The van der Waals surface area contributed by atoms with Gasteiger partial charge < -0.3 is 10.1 Å². The van der Waals surface area contributed by atoms with Gasteiger partial charge in [0.1, 0.15) is 5.75 Å². The Labute approximate surface area is 160 Å². The van der Waals surface area contributed by atoms with Gasteiger partial charge in [0.2, 0.25) is 10.0 Å². The van der Waals surface area contributed by atoms with E-state index in [9.17, 15) is 13.2 Å². The number of nitrogens with zero attached hydrogens (tertiary/aromatic N) is 1. The average Bonchev–Trinajstić information content (AvgIpc) is 2.68. The molecule has 0 radical (unpaired) electrons. The first-order chi connectivity index (χ1) is 13.0. The van der Waals surface area contributed by atoms with E-state index >= 15 is 0 Å². The van der Waals surface area contributed by atoms with E-state index in [1.165, 1.54) is 4.31 Å². The van der Waals surface area contributed by atoms with Gasteiger partial charge in [0.05, 0.1) is 23.6 Å². The first kappa shape index (κ1) is 19.2. The van der Waals surface area contributed by atoms with Crippen molar-refractivity contribution in [1.29, 1.82) is 0 Å². The number of sulfonamides is 1. The standard InChI is InChI=1S/C20H24N2O4S/c1-3-26-19-10-6-5-9-17(19)20(23)21-16-11-12-18-15(14-16)8-7-13-22(18)27(24,25)4-2/h5-6,9-12,14H,3-4,7-8,13H2,1-2H3,(H,21,23). The Bertz CT molecular complexity index is 941. The van der Waals surface area contributed by atoms with Gasteiger partial charge in [0.15, 0.2) is 0 Å². The van der Waals surface area contributed by atoms with Crippen molar-refractivity contribution in [2.24, 2.45) is 0 Å². The number of carbonyl (C=O) groups is 1. The van der Waals surface area contributed by atoms with Crippen LogP contribution in [0.5, 0.6) is 5.75 Å². The molecule has 6 nitrogen and oxygen atoms in total. The fourth-order valence-corrected chi connectivity index (χ4v) is 4.42. The first-order valence-corrected chi connectivity index (χ1v) is 10.7. The number of hydrogen-bond donors (Lipinski definition) is 1. The third kappa shape index (κ3) is 4.08. The van der Waals surface area contributed by atoms with Crippen LogP contribution in [-0.4, -0.2) is 33.2 Å². The molecule has 2 aromatic carbocycles. The summed E-state index contributed by atoms with van der Waals surface area (Å²) in [5, 5.41) is 2.89. The van der Waals surface area contributed by atoms with Gasteiger partial charge in [-0.3, -0.25) is 9.10 Å². The van der Waals surface area contributed by atoms with E-state index in [-0.39, 0.29) is 11.7 Å². The maximum absolute atomic E-state index is 12.7. The summed E-state index contributed by atoms with van der Waals surface area (Å²) in [6, 6.07) is 12.5. The summed E-state index contributed by atoms with van der Waals surface area (Å²) in [6.07, 6.45) is 1.54. The molecule has 0 bridgehead atoms. The number of benzene rings is 2. The third-order valence-electron chi connectivity index (χ3n) is 4.55. The minimum absolute atomic E-state index is 0.0686. The topological polar surface area (TPSA) is 75.7 Å². The molecule has 0 unspecified atom stereocenters. The molecule has 0 spiro atoms. The summed E-state index contributed by atoms with van der Waals surface area (Å²) < 4.78 is 31.6. The van der Waals surface area contributed by atoms with Crippen molar-refractivity contribution in [1.82, 2.24) is 0 Å². The monoisotopic (exact) mass is 388 g/mol. The van der Waals surface area contributed by atoms with Gasteiger partial charge in [-0.05, 0) is 62.6 Å². The van der Waals surface area contributed by atoms with Crippen LogP contribution in [0, 0.1) is 0 Å². The lowest BCUT2D eigenvalue weighted by atomic mass is 10.0. The molecule has 144 valence electrons. The molecule has 1 aliphatic rings. The summed E-state index contributed by atoms with van der Waals surface area (Å²) in [6.45, 7) is 4.49. The number of rotatable bonds is 6. The highest BCUT2D eigenvalue weighted by atomic mass is 32.2. The van der Waals surface area contributed by atoms with Crippen LogP contribution in [0.3, 0.4) is 0 Å². The quantitative estimate of drug-likeness (QED) is 0.822. The van der Waals surface area contributed by atoms with Crippen LogP contribution in [0.4, 0.5) is 11.4 Å². The number of hydrogen-bond acceptors (Lipinski definition) is 4. The largest absolute Gasteiger partial charge is 0.493 e. The van der Waals surface area contributed by atoms with Gasteiger partial charge in [0, 0.05) is 12.2 Å². The van der Waals surface area contributed by atoms with E-state index in [0.29, 0.717) is 35.8 Å². The number of aryl methyl sites for hydroxylation is 1. The Morgan fingerprint density at radius 1 is 1.19 bits per heavy atom. The highest BCUT2D eigenvalue weighted by Gasteiger charge is 2.26. The summed E-state index contributed by atoms with van der Waals surface area (Å²) in [5.41, 5.74) is 2.73. The molecule has 0 saturated heterocycles. The maximum atomic E-state index is 12.7. The Morgan fingerprint density at radius 3 is 2.70 bits per heavy atom. The lowest BCUT2D eigenvalue weighted by Crippen LogP contribution is -2.36. The molecule has 0 atom stereocenters. The third-order valence-corrected chi connectivity index (χ3v) is 6.33. The minimum Gasteiger partial charge on any atom is -0.493 e. The molecule has 1 heterocycles. The highest BCUT2D eigenvalue weighted by molar-refractivity contribution is 7.92. The molecular weight excluding hydrogens is 364 g/mol. The number of para-hydroxylation sites is 1. The Balaban J connectivity index is 1.85. The van der Waals surface area contributed by atoms with Crippen LogP contribution in [0.15, 0.2) is 42.5 Å². The normalized spacial score (nSPS) is 13.8. The van der Waals surface area contributed by atoms with Gasteiger partial charge in [-0.2, -0.15) is 0 Å². The molecule has 0 saturated carbocycles. The molecule has 27 heavy (non-hydrogen) atoms. The van der Waals surface area contributed by atoms with Gasteiger partial charge in [-0.1, -0.05) is 12.1 Å². The van der Waals surface area contributed by atoms with Crippen molar-refractivity contribution in [2.45, 2.75) is 26.7 Å². The fraction of sp³-hybridized carbons (Fsp3) is 0.350. The molecule has 0 fully saturated rings. The number of ether oxygens (including phenoxy) is 1. The minimum atomic E-state index is -3.30. The van der Waals surface area contributed by atoms with Crippen molar-refractivity contribution in [3.63, 3.8) is 0 Å². The smallest absolute Gasteiger partial charge is 0.259 e. The van der Waals surface area contributed by atoms with Gasteiger partial charge in [-0.25, -0.2) is 8.42 Å². The number of anilines is 2. The van der Waals surface area contributed by atoms with Crippen LogP contribution in [0.2, 0.25) is 0 Å². The second kappa shape index (κ2) is 8.00. The zero-order valence-electron chi connectivity index (χ0n) is 15.6. The highest BCUT2D eigenvalue weighted by Crippen LogP contribution is 2.32. The summed E-state index contributed by atoms with van der Waals surface area (Å²) in [5.74, 6) is 0.350. The summed E-state index contributed by atoms with van der Waals surface area (Å²) in [7, 11) is -3.30. The molecule has 1 amide bonds. The van der Waals surface area contributed by atoms with E-state index in [1.807, 2.05) is 19.1 Å². The Hall–Kier alpha value is -2.54. The Kier molecular flexibility index (Phi) is 5.70. The lowest BCUT2D eigenvalue weighted by molar-refractivity contribution is 0.102. The van der Waals surface area contributed by atoms with Crippen molar-refractivity contribution in [3.8, 4) is 5.75 Å². The van der Waals surface area contributed by atoms with Crippen molar-refractivity contribution in [3.05, 3.63) is 53.6 Å². The maximum Gasteiger partial charge on any atom is 0.259 e. The molecule has 1 aliphatic heterocycles. The second-order valence-electron chi connectivity index (χ2n) is 6.30. The predicted molar refractivity (Wildman–Crippen MR) is 107 cm³/mol. The van der Waals surface area contributed by atoms with Crippen LogP contribution in [0.25, 0.3) is 0 Å². The van der Waals surface area contributed by atoms with Crippen LogP contribution in [0.1, 0.15) is 36.2 Å². The second-order valence-corrected chi connectivity index (χ2v) is 8.48. The van der Waals surface area contributed by atoms with Crippen LogP contribution >= 0.6 is 0 Å². The van der Waals surface area contributed by atoms with E-state index in [2.05, 4.69) is 5.32 Å². The number of amides is 1. The van der Waals surface area contributed by atoms with Crippen molar-refractivity contribution in [2.75, 3.05) is 28.5 Å². The zero-order chi connectivity index (χ0) is 19.4. The molecular formula is C20H24N2O4S. The molecule has 2 aromatic rings. The van der Waals surface area contributed by atoms with E-state index in [1.54, 1.807) is 37.3 Å². The molecule has 3 rings (SSSR count). The molecule has 0 aromatic heterocycles. The summed E-state index contributed by atoms with van der Waals surface area (Å²) >= 11 is 0.